The van der Waals surface area contributed by atoms with Gasteiger partial charge in [0.2, 0.25) is 0 Å². The van der Waals surface area contributed by atoms with Gasteiger partial charge in [-0.1, -0.05) is 23.7 Å². The number of benzene rings is 2. The Morgan fingerprint density at radius 2 is 1.69 bits per heavy atom. The van der Waals surface area contributed by atoms with Crippen LogP contribution in [0.1, 0.15) is 31.1 Å². The summed E-state index contributed by atoms with van der Waals surface area (Å²) in [6, 6.07) is 13.3. The number of rotatable bonds is 3. The minimum atomic E-state index is -0.741. The highest BCUT2D eigenvalue weighted by molar-refractivity contribution is 6.30. The maximum absolute atomic E-state index is 12.7. The summed E-state index contributed by atoms with van der Waals surface area (Å²) in [6.07, 6.45) is 0. The van der Waals surface area contributed by atoms with Crippen LogP contribution in [0, 0.1) is 0 Å². The molecule has 3 aromatic rings. The number of hydrogen-bond acceptors (Lipinski definition) is 6. The summed E-state index contributed by atoms with van der Waals surface area (Å²) < 4.78 is 6.34. The van der Waals surface area contributed by atoms with Gasteiger partial charge in [-0.2, -0.15) is 0 Å². The molecule has 1 aromatic heterocycles. The van der Waals surface area contributed by atoms with Crippen LogP contribution < -0.4 is 21.3 Å². The molecule has 0 spiro atoms. The van der Waals surface area contributed by atoms with Crippen molar-refractivity contribution in [3.8, 4) is 11.4 Å². The molecule has 2 heterocycles. The van der Waals surface area contributed by atoms with Crippen molar-refractivity contribution < 1.29 is 19.1 Å². The van der Waals surface area contributed by atoms with Crippen LogP contribution in [-0.2, 0) is 0 Å². The molecule has 0 bridgehead atoms. The Balaban J connectivity index is 1.82. The van der Waals surface area contributed by atoms with Crippen LogP contribution in [0.4, 0.5) is 5.82 Å². The SMILES string of the molecule is Nc1c2c(cc(=O)n1-c1ccccc1C(=O)Oc1ccc(Cl)cc1)C(=O)NC2=O. The zero-order valence-electron chi connectivity index (χ0n) is 14.6. The maximum Gasteiger partial charge on any atom is 0.345 e. The Labute approximate surface area is 168 Å². The van der Waals surface area contributed by atoms with Crippen molar-refractivity contribution in [1.29, 1.82) is 0 Å². The van der Waals surface area contributed by atoms with E-state index in [1.807, 2.05) is 0 Å². The summed E-state index contributed by atoms with van der Waals surface area (Å²) in [5.41, 5.74) is 5.31. The first-order valence-electron chi connectivity index (χ1n) is 8.35. The van der Waals surface area contributed by atoms with Crippen LogP contribution in [0.3, 0.4) is 0 Å². The molecule has 2 aromatic carbocycles. The Kier molecular flexibility index (Phi) is 4.40. The second kappa shape index (κ2) is 6.92. The standard InChI is InChI=1S/C20H12ClN3O5/c21-10-5-7-11(8-6-10)29-20(28)12-3-1-2-4-14(12)24-15(25)9-13-16(17(24)22)19(27)23-18(13)26/h1-9H,22H2,(H,23,26,27). The molecule has 8 nitrogen and oxygen atoms in total. The van der Waals surface area contributed by atoms with E-state index < -0.39 is 23.3 Å². The molecule has 0 saturated heterocycles. The number of nitrogen functional groups attached to an aromatic ring is 1. The van der Waals surface area contributed by atoms with Gasteiger partial charge in [0.25, 0.3) is 17.4 Å². The van der Waals surface area contributed by atoms with Gasteiger partial charge in [-0.3, -0.25) is 24.3 Å². The van der Waals surface area contributed by atoms with Crippen LogP contribution in [0.15, 0.2) is 59.4 Å². The number of aromatic nitrogens is 1. The molecule has 1 aliphatic heterocycles. The van der Waals surface area contributed by atoms with Crippen LogP contribution in [0.2, 0.25) is 5.02 Å². The quantitative estimate of drug-likeness (QED) is 0.388. The van der Waals surface area contributed by atoms with Crippen molar-refractivity contribution in [3.63, 3.8) is 0 Å². The number of halogens is 1. The maximum atomic E-state index is 12.7. The van der Waals surface area contributed by atoms with Crippen LogP contribution in [0.25, 0.3) is 5.69 Å². The largest absolute Gasteiger partial charge is 0.423 e. The van der Waals surface area contributed by atoms with Gasteiger partial charge in [-0.05, 0) is 36.4 Å². The number of fused-ring (bicyclic) bond motifs is 1. The number of para-hydroxylation sites is 1. The monoisotopic (exact) mass is 409 g/mol. The molecular weight excluding hydrogens is 398 g/mol. The second-order valence-electron chi connectivity index (χ2n) is 6.14. The number of pyridine rings is 1. The number of amides is 2. The van der Waals surface area contributed by atoms with Gasteiger partial charge < -0.3 is 10.5 Å². The first-order chi connectivity index (χ1) is 13.9. The van der Waals surface area contributed by atoms with Crippen molar-refractivity contribution >= 4 is 35.2 Å². The molecule has 3 N–H and O–H groups in total. The highest BCUT2D eigenvalue weighted by Gasteiger charge is 2.32. The Morgan fingerprint density at radius 3 is 2.41 bits per heavy atom. The molecule has 1 aliphatic rings. The number of ether oxygens (including phenoxy) is 1. The van der Waals surface area contributed by atoms with E-state index in [1.54, 1.807) is 24.3 Å². The fourth-order valence-corrected chi connectivity index (χ4v) is 3.16. The minimum absolute atomic E-state index is 0.0425. The van der Waals surface area contributed by atoms with Crippen LogP contribution in [-0.4, -0.2) is 22.4 Å². The summed E-state index contributed by atoms with van der Waals surface area (Å²) in [5.74, 6) is -2.14. The predicted molar refractivity (Wildman–Crippen MR) is 105 cm³/mol. The number of hydrogen-bond donors (Lipinski definition) is 2. The van der Waals surface area contributed by atoms with Gasteiger partial charge in [0, 0.05) is 11.1 Å². The lowest BCUT2D eigenvalue weighted by Crippen LogP contribution is -2.26. The summed E-state index contributed by atoms with van der Waals surface area (Å²) in [6.45, 7) is 0. The first kappa shape index (κ1) is 18.5. The lowest BCUT2D eigenvalue weighted by molar-refractivity contribution is 0.0733. The number of nitrogens with one attached hydrogen (secondary N) is 1. The number of imide groups is 1. The second-order valence-corrected chi connectivity index (χ2v) is 6.57. The van der Waals surface area contributed by atoms with E-state index in [-0.39, 0.29) is 33.9 Å². The van der Waals surface area contributed by atoms with Gasteiger partial charge in [0.05, 0.1) is 22.4 Å². The van der Waals surface area contributed by atoms with Gasteiger partial charge >= 0.3 is 5.97 Å². The fraction of sp³-hybridized carbons (Fsp3) is 0. The average Bonchev–Trinajstić information content (AvgIpc) is 2.97. The normalized spacial score (nSPS) is 12.4. The number of carbonyl (C=O) groups is 3. The molecule has 0 saturated carbocycles. The van der Waals surface area contributed by atoms with Crippen molar-refractivity contribution in [1.82, 2.24) is 9.88 Å². The molecule has 0 radical (unpaired) electrons. The zero-order chi connectivity index (χ0) is 20.7. The molecule has 4 rings (SSSR count). The fourth-order valence-electron chi connectivity index (χ4n) is 3.03. The third-order valence-corrected chi connectivity index (χ3v) is 4.59. The molecule has 0 unspecified atom stereocenters. The zero-order valence-corrected chi connectivity index (χ0v) is 15.4. The van der Waals surface area contributed by atoms with Crippen molar-refractivity contribution in [2.24, 2.45) is 0 Å². The summed E-state index contributed by atoms with van der Waals surface area (Å²) in [7, 11) is 0. The molecule has 0 aliphatic carbocycles. The molecule has 144 valence electrons. The summed E-state index contributed by atoms with van der Waals surface area (Å²) in [5, 5.41) is 2.57. The Hall–Kier alpha value is -3.91. The third kappa shape index (κ3) is 3.15. The number of nitrogens with two attached hydrogens (primary N) is 1. The van der Waals surface area contributed by atoms with E-state index in [0.29, 0.717) is 5.02 Å². The first-order valence-corrected chi connectivity index (χ1v) is 8.73. The van der Waals surface area contributed by atoms with Crippen molar-refractivity contribution in [2.45, 2.75) is 0 Å². The molecule has 9 heteroatoms. The van der Waals surface area contributed by atoms with Gasteiger partial charge in [0.1, 0.15) is 11.6 Å². The van der Waals surface area contributed by atoms with Crippen molar-refractivity contribution in [2.75, 3.05) is 5.73 Å². The van der Waals surface area contributed by atoms with Crippen molar-refractivity contribution in [3.05, 3.63) is 86.7 Å². The van der Waals surface area contributed by atoms with Crippen LogP contribution in [0.5, 0.6) is 5.75 Å². The number of nitrogens with zero attached hydrogens (tertiary/aromatic N) is 1. The number of carbonyl (C=O) groups excluding carboxylic acids is 3. The molecule has 2 amide bonds. The smallest absolute Gasteiger partial charge is 0.345 e. The minimum Gasteiger partial charge on any atom is -0.423 e. The van der Waals surface area contributed by atoms with Crippen LogP contribution >= 0.6 is 11.6 Å². The topological polar surface area (TPSA) is 120 Å². The lowest BCUT2D eigenvalue weighted by Gasteiger charge is -2.15. The van der Waals surface area contributed by atoms with E-state index in [1.165, 1.54) is 24.3 Å². The number of anilines is 1. The summed E-state index contributed by atoms with van der Waals surface area (Å²) in [4.78, 5) is 49.2. The molecule has 29 heavy (non-hydrogen) atoms. The molecule has 0 fully saturated rings. The van der Waals surface area contributed by atoms with Gasteiger partial charge in [-0.15, -0.1) is 0 Å². The number of esters is 1. The Bertz CT molecular complexity index is 1250. The average molecular weight is 410 g/mol. The third-order valence-electron chi connectivity index (χ3n) is 4.34. The molecular formula is C20H12ClN3O5. The molecule has 0 atom stereocenters. The van der Waals surface area contributed by atoms with E-state index >= 15 is 0 Å². The lowest BCUT2D eigenvalue weighted by atomic mass is 10.1. The van der Waals surface area contributed by atoms with E-state index in [9.17, 15) is 19.2 Å². The predicted octanol–water partition coefficient (Wildman–Crippen LogP) is 2.18. The highest BCUT2D eigenvalue weighted by Crippen LogP contribution is 2.25. The van der Waals surface area contributed by atoms with E-state index in [4.69, 9.17) is 22.1 Å². The highest BCUT2D eigenvalue weighted by atomic mass is 35.5. The summed E-state index contributed by atoms with van der Waals surface area (Å²) >= 11 is 5.82. The van der Waals surface area contributed by atoms with Gasteiger partial charge in [-0.25, -0.2) is 4.79 Å². The Morgan fingerprint density at radius 1 is 1.00 bits per heavy atom. The van der Waals surface area contributed by atoms with E-state index in [2.05, 4.69) is 5.32 Å². The van der Waals surface area contributed by atoms with E-state index in [0.717, 1.165) is 10.6 Å². The van der Waals surface area contributed by atoms with Gasteiger partial charge in [0.15, 0.2) is 0 Å².